The Morgan fingerprint density at radius 1 is 0.857 bits per heavy atom. The molecule has 0 saturated carbocycles. The second kappa shape index (κ2) is 6.09. The topological polar surface area (TPSA) is 41.9 Å². The zero-order valence-electron chi connectivity index (χ0n) is 11.2. The monoisotopic (exact) mass is 280 g/mol. The summed E-state index contributed by atoms with van der Waals surface area (Å²) >= 11 is 0. The molecule has 104 valence electrons. The Hall–Kier alpha value is -2.82. The lowest BCUT2D eigenvalue weighted by Crippen LogP contribution is -2.19. The minimum atomic E-state index is -0.248. The Kier molecular flexibility index (Phi) is 3.82. The van der Waals surface area contributed by atoms with Crippen molar-refractivity contribution in [1.29, 1.82) is 0 Å². The van der Waals surface area contributed by atoms with E-state index in [4.69, 9.17) is 0 Å². The fraction of sp³-hybridized carbons (Fsp3) is 0.0625. The highest BCUT2D eigenvalue weighted by molar-refractivity contribution is 5.54. The van der Waals surface area contributed by atoms with Crippen LogP contribution in [0.25, 0.3) is 0 Å². The highest BCUT2D eigenvalue weighted by Gasteiger charge is 2.14. The fourth-order valence-corrected chi connectivity index (χ4v) is 2.02. The van der Waals surface area contributed by atoms with Gasteiger partial charge in [0.15, 0.2) is 5.82 Å². The van der Waals surface area contributed by atoms with E-state index < -0.39 is 0 Å². The normalized spacial score (nSPS) is 10.3. The summed E-state index contributed by atoms with van der Waals surface area (Å²) < 4.78 is 13.9. The van der Waals surface area contributed by atoms with Gasteiger partial charge in [-0.1, -0.05) is 24.3 Å². The van der Waals surface area contributed by atoms with E-state index in [-0.39, 0.29) is 5.82 Å². The number of rotatable bonds is 4. The SMILES string of the molecule is Fc1ccccc1CN(c1ccccn1)c1cnccn1. The molecule has 0 bridgehead atoms. The van der Waals surface area contributed by atoms with Crippen LogP contribution in [0.15, 0.2) is 67.3 Å². The molecule has 0 unspecified atom stereocenters. The number of hydrogen-bond acceptors (Lipinski definition) is 4. The van der Waals surface area contributed by atoms with Crippen molar-refractivity contribution in [3.8, 4) is 0 Å². The van der Waals surface area contributed by atoms with Crippen LogP contribution in [0.2, 0.25) is 0 Å². The molecule has 0 atom stereocenters. The van der Waals surface area contributed by atoms with Crippen LogP contribution in [0.3, 0.4) is 0 Å². The second-order valence-corrected chi connectivity index (χ2v) is 4.43. The molecule has 3 aromatic rings. The van der Waals surface area contributed by atoms with Gasteiger partial charge in [-0.05, 0) is 18.2 Å². The van der Waals surface area contributed by atoms with Gasteiger partial charge in [-0.25, -0.2) is 14.4 Å². The number of aromatic nitrogens is 3. The molecule has 0 radical (unpaired) electrons. The van der Waals surface area contributed by atoms with Gasteiger partial charge in [-0.3, -0.25) is 4.98 Å². The molecule has 2 heterocycles. The summed E-state index contributed by atoms with van der Waals surface area (Å²) in [6.45, 7) is 0.336. The minimum absolute atomic E-state index is 0.248. The number of anilines is 2. The summed E-state index contributed by atoms with van der Waals surface area (Å²) in [7, 11) is 0. The molecular formula is C16H13FN4. The Morgan fingerprint density at radius 2 is 1.67 bits per heavy atom. The molecule has 0 spiro atoms. The van der Waals surface area contributed by atoms with Gasteiger partial charge in [0.2, 0.25) is 0 Å². The predicted molar refractivity (Wildman–Crippen MR) is 78.5 cm³/mol. The van der Waals surface area contributed by atoms with E-state index >= 15 is 0 Å². The van der Waals surface area contributed by atoms with Crippen molar-refractivity contribution >= 4 is 11.6 Å². The Balaban J connectivity index is 1.99. The molecule has 4 nitrogen and oxygen atoms in total. The van der Waals surface area contributed by atoms with Crippen molar-refractivity contribution in [2.45, 2.75) is 6.54 Å². The third-order valence-corrected chi connectivity index (χ3v) is 3.04. The largest absolute Gasteiger partial charge is 0.305 e. The first-order chi connectivity index (χ1) is 10.3. The maximum absolute atomic E-state index is 13.9. The molecule has 0 amide bonds. The molecule has 21 heavy (non-hydrogen) atoms. The van der Waals surface area contributed by atoms with E-state index in [1.807, 2.05) is 29.2 Å². The van der Waals surface area contributed by atoms with Crippen LogP contribution in [0.5, 0.6) is 0 Å². The van der Waals surface area contributed by atoms with Crippen molar-refractivity contribution in [2.24, 2.45) is 0 Å². The lowest BCUT2D eigenvalue weighted by molar-refractivity contribution is 0.608. The molecule has 3 rings (SSSR count). The fourth-order valence-electron chi connectivity index (χ4n) is 2.02. The highest BCUT2D eigenvalue weighted by Crippen LogP contribution is 2.23. The van der Waals surface area contributed by atoms with Crippen LogP contribution < -0.4 is 4.90 Å². The third-order valence-electron chi connectivity index (χ3n) is 3.04. The summed E-state index contributed by atoms with van der Waals surface area (Å²) in [4.78, 5) is 14.5. The maximum atomic E-state index is 13.9. The van der Waals surface area contributed by atoms with Crippen molar-refractivity contribution in [3.05, 3.63) is 78.6 Å². The standard InChI is InChI=1S/C16H13FN4/c17-14-6-2-1-5-13(14)12-21(15-7-3-4-8-19-15)16-11-18-9-10-20-16/h1-11H,12H2. The Bertz CT molecular complexity index is 664. The van der Waals surface area contributed by atoms with Crippen molar-refractivity contribution in [3.63, 3.8) is 0 Å². The quantitative estimate of drug-likeness (QED) is 0.735. The lowest BCUT2D eigenvalue weighted by atomic mass is 10.2. The van der Waals surface area contributed by atoms with E-state index in [0.717, 1.165) is 0 Å². The number of pyridine rings is 1. The molecule has 2 aromatic heterocycles. The minimum Gasteiger partial charge on any atom is -0.305 e. The second-order valence-electron chi connectivity index (χ2n) is 4.43. The summed E-state index contributed by atoms with van der Waals surface area (Å²) in [6.07, 6.45) is 6.53. The van der Waals surface area contributed by atoms with Crippen LogP contribution in [0, 0.1) is 5.82 Å². The molecular weight excluding hydrogens is 267 g/mol. The van der Waals surface area contributed by atoms with Crippen LogP contribution in [-0.2, 0) is 6.54 Å². The molecule has 0 fully saturated rings. The molecule has 0 aliphatic rings. The number of benzene rings is 1. The van der Waals surface area contributed by atoms with Crippen LogP contribution >= 0.6 is 0 Å². The van der Waals surface area contributed by atoms with Crippen LogP contribution in [-0.4, -0.2) is 15.0 Å². The number of nitrogens with zero attached hydrogens (tertiary/aromatic N) is 4. The first kappa shape index (κ1) is 13.2. The predicted octanol–water partition coefficient (Wildman–Crippen LogP) is 3.35. The van der Waals surface area contributed by atoms with E-state index in [2.05, 4.69) is 15.0 Å². The number of hydrogen-bond donors (Lipinski definition) is 0. The molecule has 5 heteroatoms. The first-order valence-corrected chi connectivity index (χ1v) is 6.52. The van der Waals surface area contributed by atoms with E-state index in [1.165, 1.54) is 6.07 Å². The van der Waals surface area contributed by atoms with Crippen molar-refractivity contribution in [2.75, 3.05) is 4.90 Å². The molecule has 0 saturated heterocycles. The summed E-state index contributed by atoms with van der Waals surface area (Å²) in [5.74, 6) is 1.07. The van der Waals surface area contributed by atoms with Gasteiger partial charge in [0.1, 0.15) is 11.6 Å². The van der Waals surface area contributed by atoms with Gasteiger partial charge in [0.25, 0.3) is 0 Å². The van der Waals surface area contributed by atoms with E-state index in [9.17, 15) is 4.39 Å². The average Bonchev–Trinajstić information content (AvgIpc) is 2.56. The van der Waals surface area contributed by atoms with Gasteiger partial charge in [0, 0.05) is 24.2 Å². The van der Waals surface area contributed by atoms with Gasteiger partial charge >= 0.3 is 0 Å². The maximum Gasteiger partial charge on any atom is 0.152 e. The molecule has 0 N–H and O–H groups in total. The van der Waals surface area contributed by atoms with Crippen LogP contribution in [0.4, 0.5) is 16.0 Å². The average molecular weight is 280 g/mol. The number of halogens is 1. The highest BCUT2D eigenvalue weighted by atomic mass is 19.1. The van der Waals surface area contributed by atoms with Gasteiger partial charge in [0.05, 0.1) is 12.7 Å². The summed E-state index contributed by atoms with van der Waals surface area (Å²) in [5, 5.41) is 0. The molecule has 1 aromatic carbocycles. The Morgan fingerprint density at radius 3 is 2.38 bits per heavy atom. The Labute approximate surface area is 121 Å². The summed E-state index contributed by atoms with van der Waals surface area (Å²) in [6, 6.07) is 12.3. The first-order valence-electron chi connectivity index (χ1n) is 6.52. The van der Waals surface area contributed by atoms with Crippen molar-refractivity contribution < 1.29 is 4.39 Å². The van der Waals surface area contributed by atoms with Crippen molar-refractivity contribution in [1.82, 2.24) is 15.0 Å². The van der Waals surface area contributed by atoms with Gasteiger partial charge in [-0.15, -0.1) is 0 Å². The van der Waals surface area contributed by atoms with Gasteiger partial charge in [-0.2, -0.15) is 0 Å². The van der Waals surface area contributed by atoms with E-state index in [0.29, 0.717) is 23.7 Å². The van der Waals surface area contributed by atoms with Crippen LogP contribution in [0.1, 0.15) is 5.56 Å². The molecule has 0 aliphatic carbocycles. The zero-order chi connectivity index (χ0) is 14.5. The third kappa shape index (κ3) is 3.02. The lowest BCUT2D eigenvalue weighted by Gasteiger charge is -2.22. The summed E-state index contributed by atoms with van der Waals surface area (Å²) in [5.41, 5.74) is 0.578. The smallest absolute Gasteiger partial charge is 0.152 e. The van der Waals surface area contributed by atoms with E-state index in [1.54, 1.807) is 36.9 Å². The zero-order valence-corrected chi connectivity index (χ0v) is 11.2. The molecule has 0 aliphatic heterocycles. The van der Waals surface area contributed by atoms with Gasteiger partial charge < -0.3 is 4.90 Å².